The first kappa shape index (κ1) is 13.6. The maximum absolute atomic E-state index is 11.8. The normalized spacial score (nSPS) is 11.6. The lowest BCUT2D eigenvalue weighted by molar-refractivity contribution is -0.177. The number of Topliss-reactive ketones (excluding diaryl/α,β-unsaturated/α-hetero) is 1. The number of aryl methyl sites for hydroxylation is 1. The van der Waals surface area contributed by atoms with Crippen molar-refractivity contribution in [1.82, 2.24) is 9.97 Å². The zero-order chi connectivity index (χ0) is 13.1. The number of hydrogen-bond acceptors (Lipinski definition) is 4. The molecule has 0 atom stereocenters. The van der Waals surface area contributed by atoms with E-state index in [0.29, 0.717) is 11.3 Å². The Balaban J connectivity index is 2.62. The number of rotatable bonds is 4. The van der Waals surface area contributed by atoms with Crippen molar-refractivity contribution in [3.63, 3.8) is 0 Å². The van der Waals surface area contributed by atoms with E-state index in [1.54, 1.807) is 6.92 Å². The van der Waals surface area contributed by atoms with E-state index >= 15 is 0 Å². The van der Waals surface area contributed by atoms with Crippen molar-refractivity contribution < 1.29 is 22.7 Å². The maximum Gasteiger partial charge on any atom is 0.411 e. The topological polar surface area (TPSA) is 52.1 Å². The number of nitrogens with zero attached hydrogens (tertiary/aromatic N) is 2. The molecule has 7 heteroatoms. The molecule has 0 unspecified atom stereocenters. The monoisotopic (exact) mass is 248 g/mol. The molecule has 1 heterocycles. The van der Waals surface area contributed by atoms with Gasteiger partial charge in [-0.1, -0.05) is 0 Å². The van der Waals surface area contributed by atoms with E-state index in [0.717, 1.165) is 0 Å². The molecule has 0 radical (unpaired) electrons. The smallest absolute Gasteiger partial charge is 0.364 e. The number of aromatic nitrogens is 2. The summed E-state index contributed by atoms with van der Waals surface area (Å²) in [6, 6.07) is 0. The molecule has 1 rings (SSSR count). The van der Waals surface area contributed by atoms with Crippen molar-refractivity contribution in [2.45, 2.75) is 26.6 Å². The number of halogens is 3. The summed E-state index contributed by atoms with van der Waals surface area (Å²) in [5.74, 6) is -0.0676. The molecule has 4 nitrogen and oxygen atoms in total. The minimum atomic E-state index is -4.37. The van der Waals surface area contributed by atoms with Crippen LogP contribution in [0.3, 0.4) is 0 Å². The zero-order valence-electron chi connectivity index (χ0n) is 9.34. The molecule has 0 aliphatic rings. The Bertz CT molecular complexity index is 419. The van der Waals surface area contributed by atoms with Crippen LogP contribution in [0.15, 0.2) is 6.20 Å². The Kier molecular flexibility index (Phi) is 4.17. The van der Waals surface area contributed by atoms with Crippen molar-refractivity contribution in [3.05, 3.63) is 23.3 Å². The second kappa shape index (κ2) is 5.22. The van der Waals surface area contributed by atoms with Crippen LogP contribution in [0.2, 0.25) is 0 Å². The van der Waals surface area contributed by atoms with E-state index in [4.69, 9.17) is 0 Å². The van der Waals surface area contributed by atoms with E-state index in [-0.39, 0.29) is 18.2 Å². The van der Waals surface area contributed by atoms with Gasteiger partial charge in [0.2, 0.25) is 0 Å². The Labute approximate surface area is 95.8 Å². The molecular formula is C10H11F3N2O2. The summed E-state index contributed by atoms with van der Waals surface area (Å²) in [7, 11) is 0. The van der Waals surface area contributed by atoms with Crippen molar-refractivity contribution >= 4 is 5.78 Å². The second-order valence-electron chi connectivity index (χ2n) is 3.45. The summed E-state index contributed by atoms with van der Waals surface area (Å²) < 4.78 is 39.8. The van der Waals surface area contributed by atoms with Crippen LogP contribution in [0.4, 0.5) is 13.2 Å². The number of ether oxygens (including phenoxy) is 1. The van der Waals surface area contributed by atoms with Gasteiger partial charge in [0, 0.05) is 6.20 Å². The standard InChI is InChI=1S/C10H11F3N2O2/c1-6-8(7(2)16)3-14-9(15-6)4-17-5-10(11,12)13/h3H,4-5H2,1-2H3. The van der Waals surface area contributed by atoms with Crippen LogP contribution in [0.25, 0.3) is 0 Å². The lowest BCUT2D eigenvalue weighted by Gasteiger charge is -2.07. The van der Waals surface area contributed by atoms with Gasteiger partial charge in [0.1, 0.15) is 13.2 Å². The number of carbonyl (C=O) groups excluding carboxylic acids is 1. The largest absolute Gasteiger partial charge is 0.411 e. The highest BCUT2D eigenvalue weighted by atomic mass is 19.4. The molecule has 0 saturated heterocycles. The predicted molar refractivity (Wildman–Crippen MR) is 52.5 cm³/mol. The highest BCUT2D eigenvalue weighted by Gasteiger charge is 2.27. The average molecular weight is 248 g/mol. The third kappa shape index (κ3) is 4.48. The minimum Gasteiger partial charge on any atom is -0.364 e. The van der Waals surface area contributed by atoms with Crippen molar-refractivity contribution in [1.29, 1.82) is 0 Å². The van der Waals surface area contributed by atoms with Gasteiger partial charge in [0.05, 0.1) is 11.3 Å². The van der Waals surface area contributed by atoms with Crippen LogP contribution < -0.4 is 0 Å². The van der Waals surface area contributed by atoms with Gasteiger partial charge in [-0.25, -0.2) is 9.97 Å². The third-order valence-electron chi connectivity index (χ3n) is 1.91. The fraction of sp³-hybridized carbons (Fsp3) is 0.500. The first-order valence-corrected chi connectivity index (χ1v) is 4.77. The number of carbonyl (C=O) groups is 1. The molecule has 94 valence electrons. The molecule has 0 aliphatic heterocycles. The molecule has 0 spiro atoms. The summed E-state index contributed by atoms with van der Waals surface area (Å²) in [4.78, 5) is 18.7. The zero-order valence-corrected chi connectivity index (χ0v) is 9.34. The van der Waals surface area contributed by atoms with Gasteiger partial charge >= 0.3 is 6.18 Å². The van der Waals surface area contributed by atoms with Crippen LogP contribution in [-0.2, 0) is 11.3 Å². The van der Waals surface area contributed by atoms with E-state index in [9.17, 15) is 18.0 Å². The summed E-state index contributed by atoms with van der Waals surface area (Å²) in [5.41, 5.74) is 0.780. The summed E-state index contributed by atoms with van der Waals surface area (Å²) >= 11 is 0. The lowest BCUT2D eigenvalue weighted by Crippen LogP contribution is -2.17. The highest BCUT2D eigenvalue weighted by molar-refractivity contribution is 5.94. The molecule has 1 aromatic heterocycles. The Morgan fingerprint density at radius 1 is 1.47 bits per heavy atom. The second-order valence-corrected chi connectivity index (χ2v) is 3.45. The molecule has 0 amide bonds. The molecule has 1 aromatic rings. The van der Waals surface area contributed by atoms with Gasteiger partial charge in [-0.15, -0.1) is 0 Å². The van der Waals surface area contributed by atoms with Crippen LogP contribution >= 0.6 is 0 Å². The summed E-state index contributed by atoms with van der Waals surface area (Å²) in [5, 5.41) is 0. The first-order chi connectivity index (χ1) is 7.79. The summed E-state index contributed by atoms with van der Waals surface area (Å²) in [6.07, 6.45) is -3.08. The fourth-order valence-electron chi connectivity index (χ4n) is 1.19. The van der Waals surface area contributed by atoms with Gasteiger partial charge in [0.15, 0.2) is 11.6 Å². The highest BCUT2D eigenvalue weighted by Crippen LogP contribution is 2.15. The molecule has 0 aromatic carbocycles. The molecule has 0 aliphatic carbocycles. The average Bonchev–Trinajstić information content (AvgIpc) is 2.15. The Morgan fingerprint density at radius 3 is 2.59 bits per heavy atom. The summed E-state index contributed by atoms with van der Waals surface area (Å²) in [6.45, 7) is 1.28. The van der Waals surface area contributed by atoms with Crippen molar-refractivity contribution in [3.8, 4) is 0 Å². The predicted octanol–water partition coefficient (Wildman–Crippen LogP) is 2.07. The molecule has 17 heavy (non-hydrogen) atoms. The first-order valence-electron chi connectivity index (χ1n) is 4.77. The molecule has 0 fully saturated rings. The molecular weight excluding hydrogens is 237 g/mol. The van der Waals surface area contributed by atoms with Crippen LogP contribution in [0, 0.1) is 6.92 Å². The molecule has 0 saturated carbocycles. The van der Waals surface area contributed by atoms with E-state index in [2.05, 4.69) is 14.7 Å². The van der Waals surface area contributed by atoms with Gasteiger partial charge in [-0.3, -0.25) is 4.79 Å². The number of hydrogen-bond donors (Lipinski definition) is 0. The van der Waals surface area contributed by atoms with E-state index in [1.165, 1.54) is 13.1 Å². The van der Waals surface area contributed by atoms with Crippen LogP contribution in [0.1, 0.15) is 28.8 Å². The van der Waals surface area contributed by atoms with Crippen LogP contribution in [-0.4, -0.2) is 28.5 Å². The van der Waals surface area contributed by atoms with Crippen LogP contribution in [0.5, 0.6) is 0 Å². The Hall–Kier alpha value is -1.50. The van der Waals surface area contributed by atoms with Gasteiger partial charge in [-0.05, 0) is 13.8 Å². The van der Waals surface area contributed by atoms with Crippen molar-refractivity contribution in [2.75, 3.05) is 6.61 Å². The maximum atomic E-state index is 11.8. The molecule has 0 N–H and O–H groups in total. The van der Waals surface area contributed by atoms with Gasteiger partial charge in [-0.2, -0.15) is 13.2 Å². The van der Waals surface area contributed by atoms with Gasteiger partial charge < -0.3 is 4.74 Å². The fourth-order valence-corrected chi connectivity index (χ4v) is 1.19. The van der Waals surface area contributed by atoms with Gasteiger partial charge in [0.25, 0.3) is 0 Å². The van der Waals surface area contributed by atoms with E-state index in [1.807, 2.05) is 0 Å². The Morgan fingerprint density at radius 2 is 2.12 bits per heavy atom. The van der Waals surface area contributed by atoms with Crippen molar-refractivity contribution in [2.24, 2.45) is 0 Å². The minimum absolute atomic E-state index is 0.122. The SMILES string of the molecule is CC(=O)c1cnc(COCC(F)(F)F)nc1C. The number of ketones is 1. The number of alkyl halides is 3. The third-order valence-corrected chi connectivity index (χ3v) is 1.91. The lowest BCUT2D eigenvalue weighted by atomic mass is 10.2. The van der Waals surface area contributed by atoms with E-state index < -0.39 is 12.8 Å². The quantitative estimate of drug-likeness (QED) is 0.765. The molecule has 0 bridgehead atoms.